The van der Waals surface area contributed by atoms with Gasteiger partial charge in [0.2, 0.25) is 6.29 Å². The standard InChI is InChI=1S/C19H20N2O12P2/c1-29-13-4-5-15(31-18(23)21-7-8-30-17(21)22)14(9-13)16-32-34(25,26)19(24,35(27,28)33-16)10-12-3-2-6-20-11-12/h2-6,9,11,16,24H,7-8,10H2,1H3,(H,25,26)(H,27,28). The van der Waals surface area contributed by atoms with Crippen molar-refractivity contribution in [1.29, 1.82) is 0 Å². The second kappa shape index (κ2) is 9.32. The fourth-order valence-electron chi connectivity index (χ4n) is 3.34. The summed E-state index contributed by atoms with van der Waals surface area (Å²) >= 11 is 0. The van der Waals surface area contributed by atoms with Crippen LogP contribution in [0.2, 0.25) is 0 Å². The second-order valence-electron chi connectivity index (χ2n) is 7.43. The Hall–Kier alpha value is -2.83. The van der Waals surface area contributed by atoms with E-state index < -0.39 is 45.2 Å². The molecular formula is C19H20N2O12P2. The van der Waals surface area contributed by atoms with Crippen molar-refractivity contribution < 1.29 is 56.9 Å². The van der Waals surface area contributed by atoms with E-state index in [1.165, 1.54) is 49.8 Å². The second-order valence-corrected chi connectivity index (χ2v) is 11.8. The van der Waals surface area contributed by atoms with Crippen molar-refractivity contribution in [3.8, 4) is 11.5 Å². The first-order valence-electron chi connectivity index (χ1n) is 9.95. The van der Waals surface area contributed by atoms with Crippen molar-refractivity contribution in [3.63, 3.8) is 0 Å². The van der Waals surface area contributed by atoms with Crippen molar-refractivity contribution in [1.82, 2.24) is 9.88 Å². The number of aromatic nitrogens is 1. The molecule has 0 spiro atoms. The normalized spacial score (nSPS) is 30.6. The van der Waals surface area contributed by atoms with Crippen LogP contribution in [0.15, 0.2) is 42.7 Å². The van der Waals surface area contributed by atoms with Gasteiger partial charge in [0.15, 0.2) is 0 Å². The third kappa shape index (κ3) is 4.69. The average Bonchev–Trinajstić information content (AvgIpc) is 3.24. The van der Waals surface area contributed by atoms with E-state index in [1.54, 1.807) is 0 Å². The number of nitrogens with zero attached hydrogens (tertiary/aromatic N) is 2. The quantitative estimate of drug-likeness (QED) is 0.478. The average molecular weight is 530 g/mol. The molecule has 14 nitrogen and oxygen atoms in total. The van der Waals surface area contributed by atoms with E-state index in [9.17, 15) is 33.6 Å². The van der Waals surface area contributed by atoms with Gasteiger partial charge in [0.05, 0.1) is 19.2 Å². The number of methoxy groups -OCH3 is 1. The maximum Gasteiger partial charge on any atom is 0.424 e. The minimum Gasteiger partial charge on any atom is -0.497 e. The molecule has 1 aromatic carbocycles. The number of ether oxygens (including phenoxy) is 3. The van der Waals surface area contributed by atoms with Gasteiger partial charge in [-0.25, -0.2) is 14.5 Å². The number of amides is 2. The molecule has 16 heteroatoms. The van der Waals surface area contributed by atoms with Crippen LogP contribution in [-0.4, -0.2) is 62.3 Å². The molecule has 4 rings (SSSR count). The summed E-state index contributed by atoms with van der Waals surface area (Å²) in [4.78, 5) is 49.7. The minimum atomic E-state index is -5.30. The van der Waals surface area contributed by atoms with Crippen molar-refractivity contribution in [2.45, 2.75) is 17.8 Å². The molecule has 2 aliphatic heterocycles. The van der Waals surface area contributed by atoms with Crippen molar-refractivity contribution in [2.75, 3.05) is 20.3 Å². The Morgan fingerprint density at radius 2 is 1.97 bits per heavy atom. The highest BCUT2D eigenvalue weighted by molar-refractivity contribution is 7.73. The van der Waals surface area contributed by atoms with E-state index in [0.29, 0.717) is 4.90 Å². The monoisotopic (exact) mass is 530 g/mol. The number of hydrogen-bond donors (Lipinski definition) is 3. The Labute approximate surface area is 198 Å². The zero-order chi connectivity index (χ0) is 25.4. The van der Waals surface area contributed by atoms with Gasteiger partial charge in [-0.15, -0.1) is 0 Å². The molecule has 2 saturated heterocycles. The smallest absolute Gasteiger partial charge is 0.424 e. The first kappa shape index (κ1) is 25.3. The minimum absolute atomic E-state index is 0.0326. The number of benzene rings is 1. The molecule has 1 aromatic heterocycles. The van der Waals surface area contributed by atoms with Gasteiger partial charge in [-0.05, 0) is 29.8 Å². The molecule has 0 radical (unpaired) electrons. The third-order valence-corrected chi connectivity index (χ3v) is 9.79. The van der Waals surface area contributed by atoms with Gasteiger partial charge < -0.3 is 29.1 Å². The van der Waals surface area contributed by atoms with Gasteiger partial charge in [-0.2, -0.15) is 0 Å². The molecule has 2 unspecified atom stereocenters. The fourth-order valence-corrected chi connectivity index (χ4v) is 6.90. The first-order valence-corrected chi connectivity index (χ1v) is 13.1. The number of cyclic esters (lactones) is 1. The molecule has 188 valence electrons. The maximum atomic E-state index is 13.1. The third-order valence-electron chi connectivity index (χ3n) is 5.20. The van der Waals surface area contributed by atoms with Gasteiger partial charge in [0.25, 0.3) is 5.08 Å². The van der Waals surface area contributed by atoms with Crippen LogP contribution in [-0.2, 0) is 29.3 Å². The van der Waals surface area contributed by atoms with Crippen LogP contribution >= 0.6 is 15.2 Å². The molecule has 2 fully saturated rings. The van der Waals surface area contributed by atoms with Gasteiger partial charge in [0, 0.05) is 18.8 Å². The number of carbonyl (C=O) groups is 2. The van der Waals surface area contributed by atoms with Gasteiger partial charge in [-0.3, -0.25) is 23.2 Å². The maximum absolute atomic E-state index is 13.1. The predicted molar refractivity (Wildman–Crippen MR) is 115 cm³/mol. The van der Waals surface area contributed by atoms with Crippen LogP contribution in [0.3, 0.4) is 0 Å². The lowest BCUT2D eigenvalue weighted by molar-refractivity contribution is -0.0588. The number of aliphatic hydroxyl groups is 1. The van der Waals surface area contributed by atoms with Crippen LogP contribution in [0.1, 0.15) is 17.4 Å². The van der Waals surface area contributed by atoms with Crippen molar-refractivity contribution in [2.24, 2.45) is 0 Å². The highest BCUT2D eigenvalue weighted by Gasteiger charge is 2.67. The SMILES string of the molecule is COc1ccc(OC(=O)N2CCOC2=O)c(C2OP(=O)(O)C(O)(Cc3cccnc3)P(=O)(O)O2)c1. The molecule has 2 aromatic rings. The van der Waals surface area contributed by atoms with Crippen LogP contribution < -0.4 is 9.47 Å². The van der Waals surface area contributed by atoms with Crippen LogP contribution in [0.5, 0.6) is 11.5 Å². The Morgan fingerprint density at radius 3 is 2.54 bits per heavy atom. The fraction of sp³-hybridized carbons (Fsp3) is 0.316. The highest BCUT2D eigenvalue weighted by Crippen LogP contribution is 2.79. The summed E-state index contributed by atoms with van der Waals surface area (Å²) in [7, 11) is -9.30. The Morgan fingerprint density at radius 1 is 1.26 bits per heavy atom. The molecule has 3 N–H and O–H groups in total. The van der Waals surface area contributed by atoms with E-state index in [-0.39, 0.29) is 35.8 Å². The van der Waals surface area contributed by atoms with Crippen LogP contribution in [0.4, 0.5) is 9.59 Å². The molecule has 2 aliphatic rings. The van der Waals surface area contributed by atoms with Gasteiger partial charge in [0.1, 0.15) is 18.1 Å². The van der Waals surface area contributed by atoms with E-state index in [2.05, 4.69) is 9.72 Å². The summed E-state index contributed by atoms with van der Waals surface area (Å²) in [6.07, 6.45) is -2.27. The van der Waals surface area contributed by atoms with Gasteiger partial charge >= 0.3 is 27.4 Å². The molecule has 2 atom stereocenters. The predicted octanol–water partition coefficient (Wildman–Crippen LogP) is 2.35. The lowest BCUT2D eigenvalue weighted by atomic mass is 10.2. The van der Waals surface area contributed by atoms with E-state index in [4.69, 9.17) is 18.5 Å². The zero-order valence-corrected chi connectivity index (χ0v) is 19.8. The summed E-state index contributed by atoms with van der Waals surface area (Å²) in [6.45, 7) is -0.103. The summed E-state index contributed by atoms with van der Waals surface area (Å²) in [5.41, 5.74) is -0.130. The zero-order valence-electron chi connectivity index (χ0n) is 18.0. The number of imide groups is 1. The molecule has 35 heavy (non-hydrogen) atoms. The summed E-state index contributed by atoms with van der Waals surface area (Å²) in [5.74, 6) is -0.192. The van der Waals surface area contributed by atoms with E-state index >= 15 is 0 Å². The molecule has 0 aliphatic carbocycles. The van der Waals surface area contributed by atoms with E-state index in [0.717, 1.165) is 0 Å². The number of hydrogen-bond acceptors (Lipinski definition) is 11. The lowest BCUT2D eigenvalue weighted by Crippen LogP contribution is -2.38. The van der Waals surface area contributed by atoms with Crippen LogP contribution in [0, 0.1) is 0 Å². The lowest BCUT2D eigenvalue weighted by Gasteiger charge is -2.41. The largest absolute Gasteiger partial charge is 0.497 e. The molecule has 0 saturated carbocycles. The van der Waals surface area contributed by atoms with Gasteiger partial charge in [-0.1, -0.05) is 6.07 Å². The Kier molecular flexibility index (Phi) is 6.73. The molecule has 2 amide bonds. The molecule has 3 heterocycles. The topological polar surface area (TPSA) is 191 Å². The molecular weight excluding hydrogens is 510 g/mol. The van der Waals surface area contributed by atoms with Crippen LogP contribution in [0.25, 0.3) is 0 Å². The summed E-state index contributed by atoms with van der Waals surface area (Å²) in [6, 6.07) is 6.60. The Balaban J connectivity index is 1.68. The number of rotatable bonds is 5. The number of pyridine rings is 1. The molecule has 0 bridgehead atoms. The van der Waals surface area contributed by atoms with E-state index in [1.807, 2.05) is 0 Å². The first-order chi connectivity index (χ1) is 16.5. The summed E-state index contributed by atoms with van der Waals surface area (Å²) < 4.78 is 51.3. The van der Waals surface area contributed by atoms with Crippen molar-refractivity contribution in [3.05, 3.63) is 53.9 Å². The Bertz CT molecular complexity index is 1210. The highest BCUT2D eigenvalue weighted by atomic mass is 31.2. The summed E-state index contributed by atoms with van der Waals surface area (Å²) in [5, 5.41) is 7.65. The van der Waals surface area contributed by atoms with Crippen molar-refractivity contribution >= 4 is 27.4 Å². The number of carbonyl (C=O) groups excluding carboxylic acids is 2.